The van der Waals surface area contributed by atoms with E-state index in [4.69, 9.17) is 0 Å². The molecule has 122 valence electrons. The minimum absolute atomic E-state index is 0.124. The molecule has 0 aliphatic carbocycles. The summed E-state index contributed by atoms with van der Waals surface area (Å²) in [4.78, 5) is 7.77. The van der Waals surface area contributed by atoms with Crippen molar-refractivity contribution in [3.8, 4) is 0 Å². The lowest BCUT2D eigenvalue weighted by Gasteiger charge is -2.10. The third-order valence-corrected chi connectivity index (χ3v) is 3.07. The summed E-state index contributed by atoms with van der Waals surface area (Å²) in [7, 11) is 0. The Hall–Kier alpha value is -3.16. The molecule has 0 unspecified atom stereocenters. The topological polar surface area (TPSA) is 49.8 Å². The number of hydrogen-bond donors (Lipinski definition) is 2. The van der Waals surface area contributed by atoms with Crippen LogP contribution in [0, 0.1) is 23.3 Å². The molecule has 0 saturated carbocycles. The zero-order valence-electron chi connectivity index (χ0n) is 12.0. The Kier molecular flexibility index (Phi) is 4.28. The molecule has 2 aromatic carbocycles. The molecule has 0 amide bonds. The second-order valence-corrected chi connectivity index (χ2v) is 4.76. The second kappa shape index (κ2) is 6.53. The molecule has 1 aromatic heterocycles. The third-order valence-electron chi connectivity index (χ3n) is 3.07. The van der Waals surface area contributed by atoms with Crippen molar-refractivity contribution in [2.75, 3.05) is 10.6 Å². The molecule has 24 heavy (non-hydrogen) atoms. The number of halogens is 4. The molecule has 0 atom stereocenters. The van der Waals surface area contributed by atoms with E-state index in [-0.39, 0.29) is 23.0 Å². The van der Waals surface area contributed by atoms with Gasteiger partial charge in [-0.1, -0.05) is 6.07 Å². The molecule has 0 saturated heterocycles. The van der Waals surface area contributed by atoms with E-state index in [9.17, 15) is 17.6 Å². The standard InChI is InChI=1S/C16H10F4N4/c17-10-5-4-9(6-13(10)20)23-14-7-15(22-8-21-14)24-16-11(18)2-1-3-12(16)19/h1-8H,(H2,21,22,23,24). The Morgan fingerprint density at radius 3 is 2.00 bits per heavy atom. The van der Waals surface area contributed by atoms with E-state index in [1.165, 1.54) is 18.2 Å². The van der Waals surface area contributed by atoms with Gasteiger partial charge in [-0.05, 0) is 24.3 Å². The first-order chi connectivity index (χ1) is 11.5. The van der Waals surface area contributed by atoms with Crippen molar-refractivity contribution >= 4 is 23.0 Å². The fraction of sp³-hybridized carbons (Fsp3) is 0. The molecular weight excluding hydrogens is 324 g/mol. The van der Waals surface area contributed by atoms with E-state index in [2.05, 4.69) is 20.6 Å². The van der Waals surface area contributed by atoms with E-state index >= 15 is 0 Å². The molecule has 0 bridgehead atoms. The molecule has 8 heteroatoms. The predicted octanol–water partition coefficient (Wildman–Crippen LogP) is 4.52. The van der Waals surface area contributed by atoms with E-state index < -0.39 is 23.3 Å². The summed E-state index contributed by atoms with van der Waals surface area (Å²) >= 11 is 0. The molecule has 0 spiro atoms. The van der Waals surface area contributed by atoms with Gasteiger partial charge in [0.15, 0.2) is 11.6 Å². The SMILES string of the molecule is Fc1ccc(Nc2cc(Nc3c(F)cccc3F)ncn2)cc1F. The van der Waals surface area contributed by atoms with Crippen molar-refractivity contribution in [1.29, 1.82) is 0 Å². The van der Waals surface area contributed by atoms with E-state index in [0.29, 0.717) is 0 Å². The summed E-state index contributed by atoms with van der Waals surface area (Å²) < 4.78 is 53.4. The lowest BCUT2D eigenvalue weighted by molar-refractivity contribution is 0.509. The molecular formula is C16H10F4N4. The number of nitrogens with zero attached hydrogens (tertiary/aromatic N) is 2. The van der Waals surface area contributed by atoms with Gasteiger partial charge >= 0.3 is 0 Å². The largest absolute Gasteiger partial charge is 0.340 e. The van der Waals surface area contributed by atoms with E-state index in [0.717, 1.165) is 30.6 Å². The quantitative estimate of drug-likeness (QED) is 0.689. The maximum Gasteiger partial charge on any atom is 0.160 e. The van der Waals surface area contributed by atoms with Crippen LogP contribution in [-0.2, 0) is 0 Å². The molecule has 4 nitrogen and oxygen atoms in total. The van der Waals surface area contributed by atoms with Gasteiger partial charge in [0.2, 0.25) is 0 Å². The second-order valence-electron chi connectivity index (χ2n) is 4.76. The minimum Gasteiger partial charge on any atom is -0.340 e. The molecule has 3 aromatic rings. The Morgan fingerprint density at radius 2 is 1.33 bits per heavy atom. The van der Waals surface area contributed by atoms with Crippen LogP contribution >= 0.6 is 0 Å². The zero-order valence-corrected chi connectivity index (χ0v) is 12.0. The van der Waals surface area contributed by atoms with Gasteiger partial charge in [-0.3, -0.25) is 0 Å². The lowest BCUT2D eigenvalue weighted by Crippen LogP contribution is -2.01. The molecule has 0 radical (unpaired) electrons. The van der Waals surface area contributed by atoms with Gasteiger partial charge in [-0.2, -0.15) is 0 Å². The maximum atomic E-state index is 13.6. The van der Waals surface area contributed by atoms with Crippen LogP contribution in [0.3, 0.4) is 0 Å². The Morgan fingerprint density at radius 1 is 0.667 bits per heavy atom. The van der Waals surface area contributed by atoms with Gasteiger partial charge in [0.1, 0.15) is 35.3 Å². The highest BCUT2D eigenvalue weighted by Gasteiger charge is 2.10. The molecule has 0 aliphatic rings. The van der Waals surface area contributed by atoms with Gasteiger partial charge in [0.05, 0.1) is 0 Å². The van der Waals surface area contributed by atoms with Crippen molar-refractivity contribution < 1.29 is 17.6 Å². The molecule has 0 fully saturated rings. The van der Waals surface area contributed by atoms with Crippen LogP contribution < -0.4 is 10.6 Å². The Balaban J connectivity index is 1.82. The number of aromatic nitrogens is 2. The number of nitrogens with one attached hydrogen (secondary N) is 2. The van der Waals surface area contributed by atoms with Gasteiger partial charge in [-0.15, -0.1) is 0 Å². The average molecular weight is 334 g/mol. The smallest absolute Gasteiger partial charge is 0.160 e. The highest BCUT2D eigenvalue weighted by molar-refractivity contribution is 5.63. The highest BCUT2D eigenvalue weighted by Crippen LogP contribution is 2.24. The summed E-state index contributed by atoms with van der Waals surface area (Å²) in [5.74, 6) is -3.18. The summed E-state index contributed by atoms with van der Waals surface area (Å²) in [6, 6.07) is 8.07. The highest BCUT2D eigenvalue weighted by atomic mass is 19.2. The molecule has 1 heterocycles. The van der Waals surface area contributed by atoms with Gasteiger partial charge in [-0.25, -0.2) is 27.5 Å². The maximum absolute atomic E-state index is 13.6. The number of hydrogen-bond acceptors (Lipinski definition) is 4. The van der Waals surface area contributed by atoms with Gasteiger partial charge < -0.3 is 10.6 Å². The van der Waals surface area contributed by atoms with Crippen molar-refractivity contribution in [1.82, 2.24) is 9.97 Å². The first-order valence-corrected chi connectivity index (χ1v) is 6.78. The summed E-state index contributed by atoms with van der Waals surface area (Å²) in [6.07, 6.45) is 1.16. The van der Waals surface area contributed by atoms with Crippen molar-refractivity contribution in [2.45, 2.75) is 0 Å². The normalized spacial score (nSPS) is 10.5. The minimum atomic E-state index is -1.01. The Bertz CT molecular complexity index is 865. The molecule has 3 rings (SSSR count). The first-order valence-electron chi connectivity index (χ1n) is 6.78. The van der Waals surface area contributed by atoms with E-state index in [1.807, 2.05) is 0 Å². The zero-order chi connectivity index (χ0) is 17.1. The fourth-order valence-corrected chi connectivity index (χ4v) is 1.96. The van der Waals surface area contributed by atoms with Crippen LogP contribution in [0.2, 0.25) is 0 Å². The number of para-hydroxylation sites is 1. The van der Waals surface area contributed by atoms with Crippen molar-refractivity contribution in [2.24, 2.45) is 0 Å². The first kappa shape index (κ1) is 15.7. The van der Waals surface area contributed by atoms with Crippen molar-refractivity contribution in [3.05, 3.63) is 72.1 Å². The Labute approximate surface area is 134 Å². The van der Waals surface area contributed by atoms with Gasteiger partial charge in [0, 0.05) is 17.8 Å². The van der Waals surface area contributed by atoms with E-state index in [1.54, 1.807) is 0 Å². The molecule has 0 aliphatic heterocycles. The van der Waals surface area contributed by atoms with Crippen LogP contribution in [0.4, 0.5) is 40.6 Å². The van der Waals surface area contributed by atoms with Gasteiger partial charge in [0.25, 0.3) is 0 Å². The fourth-order valence-electron chi connectivity index (χ4n) is 1.96. The average Bonchev–Trinajstić information content (AvgIpc) is 2.55. The van der Waals surface area contributed by atoms with Crippen LogP contribution in [0.25, 0.3) is 0 Å². The number of rotatable bonds is 4. The predicted molar refractivity (Wildman–Crippen MR) is 81.3 cm³/mol. The van der Waals surface area contributed by atoms with Crippen LogP contribution in [0.15, 0.2) is 48.8 Å². The number of anilines is 4. The third kappa shape index (κ3) is 3.43. The number of benzene rings is 2. The summed E-state index contributed by atoms with van der Waals surface area (Å²) in [5, 5.41) is 5.25. The lowest BCUT2D eigenvalue weighted by atomic mass is 10.3. The molecule has 2 N–H and O–H groups in total. The van der Waals surface area contributed by atoms with Crippen LogP contribution in [0.5, 0.6) is 0 Å². The summed E-state index contributed by atoms with van der Waals surface area (Å²) in [5.41, 5.74) is -0.0920. The van der Waals surface area contributed by atoms with Crippen molar-refractivity contribution in [3.63, 3.8) is 0 Å². The van der Waals surface area contributed by atoms with Crippen LogP contribution in [-0.4, -0.2) is 9.97 Å². The summed E-state index contributed by atoms with van der Waals surface area (Å²) in [6.45, 7) is 0. The van der Waals surface area contributed by atoms with Crippen LogP contribution in [0.1, 0.15) is 0 Å². The monoisotopic (exact) mass is 334 g/mol.